The lowest BCUT2D eigenvalue weighted by atomic mass is 10.1. The highest BCUT2D eigenvalue weighted by atomic mass is 32.1. The summed E-state index contributed by atoms with van der Waals surface area (Å²) in [6.07, 6.45) is 4.61. The second-order valence-electron chi connectivity index (χ2n) is 4.91. The first-order chi connectivity index (χ1) is 9.72. The van der Waals surface area contributed by atoms with Gasteiger partial charge in [-0.3, -0.25) is 4.68 Å². The number of thiazole rings is 1. The smallest absolute Gasteiger partial charge is 0.138 e. The van der Waals surface area contributed by atoms with E-state index in [9.17, 15) is 0 Å². The lowest BCUT2D eigenvalue weighted by Crippen LogP contribution is -2.35. The zero-order valence-electron chi connectivity index (χ0n) is 12.5. The van der Waals surface area contributed by atoms with Crippen LogP contribution in [0.1, 0.15) is 36.8 Å². The largest absolute Gasteiger partial charge is 0.313 e. The van der Waals surface area contributed by atoms with E-state index in [0.717, 1.165) is 43.2 Å². The molecule has 1 atom stereocenters. The first-order valence-electron chi connectivity index (χ1n) is 7.24. The van der Waals surface area contributed by atoms with Crippen LogP contribution in [0.3, 0.4) is 0 Å². The van der Waals surface area contributed by atoms with Gasteiger partial charge in [0.05, 0.1) is 10.7 Å². The molecule has 6 heteroatoms. The molecule has 20 heavy (non-hydrogen) atoms. The van der Waals surface area contributed by atoms with E-state index in [4.69, 9.17) is 0 Å². The molecule has 2 aromatic heterocycles. The number of aromatic nitrogens is 4. The lowest BCUT2D eigenvalue weighted by Gasteiger charge is -2.17. The predicted molar refractivity (Wildman–Crippen MR) is 82.0 cm³/mol. The second-order valence-corrected chi connectivity index (χ2v) is 5.97. The van der Waals surface area contributed by atoms with E-state index in [0.29, 0.717) is 6.04 Å². The maximum atomic E-state index is 4.57. The standard InChI is InChI=1S/C14H23N5S/c1-4-6-15-12(7-13-9-20-11(3)18-13)8-14-16-10-17-19(14)5-2/h9-10,12,15H,4-8H2,1-3H3. The second kappa shape index (κ2) is 7.50. The van der Waals surface area contributed by atoms with Crippen molar-refractivity contribution in [1.29, 1.82) is 0 Å². The van der Waals surface area contributed by atoms with Crippen molar-refractivity contribution in [3.8, 4) is 0 Å². The quantitative estimate of drug-likeness (QED) is 0.811. The third-order valence-electron chi connectivity index (χ3n) is 3.23. The Hall–Kier alpha value is -1.27. The van der Waals surface area contributed by atoms with E-state index < -0.39 is 0 Å². The van der Waals surface area contributed by atoms with Crippen LogP contribution in [-0.4, -0.2) is 32.3 Å². The third kappa shape index (κ3) is 4.11. The van der Waals surface area contributed by atoms with E-state index in [-0.39, 0.29) is 0 Å². The van der Waals surface area contributed by atoms with Crippen molar-refractivity contribution < 1.29 is 0 Å². The first kappa shape index (κ1) is 15.1. The van der Waals surface area contributed by atoms with Crippen LogP contribution in [0.4, 0.5) is 0 Å². The summed E-state index contributed by atoms with van der Waals surface area (Å²) < 4.78 is 1.97. The van der Waals surface area contributed by atoms with Crippen molar-refractivity contribution in [1.82, 2.24) is 25.1 Å². The third-order valence-corrected chi connectivity index (χ3v) is 4.05. The van der Waals surface area contributed by atoms with Gasteiger partial charge in [0.1, 0.15) is 12.2 Å². The summed E-state index contributed by atoms with van der Waals surface area (Å²) in [6.45, 7) is 8.22. The number of hydrogen-bond donors (Lipinski definition) is 1. The fourth-order valence-corrected chi connectivity index (χ4v) is 2.88. The highest BCUT2D eigenvalue weighted by molar-refractivity contribution is 7.09. The van der Waals surface area contributed by atoms with Gasteiger partial charge in [-0.2, -0.15) is 5.10 Å². The Morgan fingerprint density at radius 1 is 1.35 bits per heavy atom. The Bertz CT molecular complexity index is 519. The van der Waals surface area contributed by atoms with Crippen LogP contribution in [0.25, 0.3) is 0 Å². The van der Waals surface area contributed by atoms with Gasteiger partial charge in [-0.1, -0.05) is 6.92 Å². The maximum absolute atomic E-state index is 4.57. The van der Waals surface area contributed by atoms with Crippen LogP contribution in [0, 0.1) is 6.92 Å². The van der Waals surface area contributed by atoms with Crippen LogP contribution < -0.4 is 5.32 Å². The molecular weight excluding hydrogens is 270 g/mol. The van der Waals surface area contributed by atoms with Crippen molar-refractivity contribution in [2.24, 2.45) is 0 Å². The van der Waals surface area contributed by atoms with Gasteiger partial charge in [0.15, 0.2) is 0 Å². The highest BCUT2D eigenvalue weighted by Gasteiger charge is 2.15. The first-order valence-corrected chi connectivity index (χ1v) is 8.12. The van der Waals surface area contributed by atoms with E-state index in [2.05, 4.69) is 46.5 Å². The predicted octanol–water partition coefficient (Wildman–Crippen LogP) is 2.22. The molecule has 0 aliphatic carbocycles. The Balaban J connectivity index is 2.03. The van der Waals surface area contributed by atoms with Gasteiger partial charge in [0.2, 0.25) is 0 Å². The molecule has 1 N–H and O–H groups in total. The number of hydrogen-bond acceptors (Lipinski definition) is 5. The molecule has 0 fully saturated rings. The van der Waals surface area contributed by atoms with Crippen LogP contribution >= 0.6 is 11.3 Å². The van der Waals surface area contributed by atoms with Crippen molar-refractivity contribution in [2.75, 3.05) is 6.54 Å². The molecule has 0 aliphatic heterocycles. The van der Waals surface area contributed by atoms with E-state index >= 15 is 0 Å². The molecular formula is C14H23N5S. The Labute approximate surface area is 124 Å². The van der Waals surface area contributed by atoms with Gasteiger partial charge < -0.3 is 5.32 Å². The van der Waals surface area contributed by atoms with E-state index in [1.165, 1.54) is 5.69 Å². The topological polar surface area (TPSA) is 55.6 Å². The molecule has 0 saturated carbocycles. The summed E-state index contributed by atoms with van der Waals surface area (Å²) >= 11 is 1.71. The molecule has 110 valence electrons. The molecule has 0 aliphatic rings. The molecule has 2 aromatic rings. The van der Waals surface area contributed by atoms with Gasteiger partial charge >= 0.3 is 0 Å². The van der Waals surface area contributed by atoms with Crippen LogP contribution in [0.5, 0.6) is 0 Å². The summed E-state index contributed by atoms with van der Waals surface area (Å²) in [5.74, 6) is 1.05. The van der Waals surface area contributed by atoms with Crippen molar-refractivity contribution in [3.63, 3.8) is 0 Å². The Kier molecular flexibility index (Phi) is 5.67. The molecule has 0 bridgehead atoms. The van der Waals surface area contributed by atoms with Gasteiger partial charge in [-0.05, 0) is 26.8 Å². The number of rotatable bonds is 8. The van der Waals surface area contributed by atoms with Gasteiger partial charge in [0.25, 0.3) is 0 Å². The van der Waals surface area contributed by atoms with E-state index in [1.54, 1.807) is 17.7 Å². The maximum Gasteiger partial charge on any atom is 0.138 e. The fraction of sp³-hybridized carbons (Fsp3) is 0.643. The van der Waals surface area contributed by atoms with Crippen molar-refractivity contribution in [3.05, 3.63) is 28.2 Å². The molecule has 0 aromatic carbocycles. The Morgan fingerprint density at radius 3 is 2.85 bits per heavy atom. The SMILES string of the molecule is CCCNC(Cc1csc(C)n1)Cc1ncnn1CC. The van der Waals surface area contributed by atoms with Gasteiger partial charge in [0, 0.05) is 30.8 Å². The van der Waals surface area contributed by atoms with Crippen LogP contribution in [0.15, 0.2) is 11.7 Å². The van der Waals surface area contributed by atoms with Crippen LogP contribution in [-0.2, 0) is 19.4 Å². The summed E-state index contributed by atoms with van der Waals surface area (Å²) in [7, 11) is 0. The molecule has 0 radical (unpaired) electrons. The van der Waals surface area contributed by atoms with Gasteiger partial charge in [-0.15, -0.1) is 11.3 Å². The monoisotopic (exact) mass is 293 g/mol. The molecule has 0 spiro atoms. The number of nitrogens with zero attached hydrogens (tertiary/aromatic N) is 4. The van der Waals surface area contributed by atoms with Crippen LogP contribution in [0.2, 0.25) is 0 Å². The molecule has 2 rings (SSSR count). The summed E-state index contributed by atoms with van der Waals surface area (Å²) in [5.41, 5.74) is 1.17. The number of aryl methyl sites for hydroxylation is 2. The van der Waals surface area contributed by atoms with Crippen molar-refractivity contribution >= 4 is 11.3 Å². The molecule has 5 nitrogen and oxygen atoms in total. The average Bonchev–Trinajstić information content (AvgIpc) is 3.05. The Morgan fingerprint density at radius 2 is 2.20 bits per heavy atom. The van der Waals surface area contributed by atoms with Crippen molar-refractivity contribution in [2.45, 2.75) is 52.6 Å². The van der Waals surface area contributed by atoms with E-state index in [1.807, 2.05) is 4.68 Å². The minimum atomic E-state index is 0.367. The highest BCUT2D eigenvalue weighted by Crippen LogP contribution is 2.12. The lowest BCUT2D eigenvalue weighted by molar-refractivity contribution is 0.475. The zero-order valence-corrected chi connectivity index (χ0v) is 13.3. The molecule has 2 heterocycles. The normalized spacial score (nSPS) is 12.8. The molecule has 1 unspecified atom stereocenters. The minimum Gasteiger partial charge on any atom is -0.313 e. The average molecular weight is 293 g/mol. The van der Waals surface area contributed by atoms with Gasteiger partial charge in [-0.25, -0.2) is 9.97 Å². The fourth-order valence-electron chi connectivity index (χ4n) is 2.25. The molecule has 0 saturated heterocycles. The zero-order chi connectivity index (χ0) is 14.4. The summed E-state index contributed by atoms with van der Waals surface area (Å²) in [4.78, 5) is 8.94. The molecule has 0 amide bonds. The summed E-state index contributed by atoms with van der Waals surface area (Å²) in [5, 5.41) is 11.1. The summed E-state index contributed by atoms with van der Waals surface area (Å²) in [6, 6.07) is 0.367. The number of nitrogens with one attached hydrogen (secondary N) is 1. The minimum absolute atomic E-state index is 0.367.